The molecule has 5 nitrogen and oxygen atoms in total. The molecule has 28 heavy (non-hydrogen) atoms. The van der Waals surface area contributed by atoms with Crippen molar-refractivity contribution in [3.63, 3.8) is 0 Å². The number of carbonyl (C=O) groups is 1. The molecule has 0 amide bonds. The summed E-state index contributed by atoms with van der Waals surface area (Å²) in [5, 5.41) is 5.36. The van der Waals surface area contributed by atoms with Crippen LogP contribution in [0, 0.1) is 6.92 Å². The first-order valence-corrected chi connectivity index (χ1v) is 9.92. The molecule has 0 bridgehead atoms. The molecule has 3 aromatic rings. The van der Waals surface area contributed by atoms with Crippen molar-refractivity contribution < 1.29 is 4.79 Å². The fraction of sp³-hybridized carbons (Fsp3) is 0.0952. The molecule has 2 N–H and O–H groups in total. The normalized spacial score (nSPS) is 16.1. The number of nitrogens with two attached hydrogens (primary N) is 1. The average molecular weight is 409 g/mol. The van der Waals surface area contributed by atoms with Gasteiger partial charge in [0.05, 0.1) is 10.9 Å². The fourth-order valence-electron chi connectivity index (χ4n) is 3.04. The van der Waals surface area contributed by atoms with E-state index in [1.54, 1.807) is 24.3 Å². The molecule has 2 aromatic carbocycles. The van der Waals surface area contributed by atoms with Crippen molar-refractivity contribution in [1.29, 1.82) is 0 Å². The predicted molar refractivity (Wildman–Crippen MR) is 115 cm³/mol. The third-order valence-electron chi connectivity index (χ3n) is 4.38. The van der Waals surface area contributed by atoms with Crippen molar-refractivity contribution in [2.24, 2.45) is 10.7 Å². The van der Waals surface area contributed by atoms with Crippen molar-refractivity contribution in [3.05, 3.63) is 88.1 Å². The zero-order valence-corrected chi connectivity index (χ0v) is 16.6. The van der Waals surface area contributed by atoms with Crippen molar-refractivity contribution in [2.75, 3.05) is 0 Å². The molecule has 7 heteroatoms. The number of nitrogens with zero attached hydrogens (tertiary/aromatic N) is 3. The van der Waals surface area contributed by atoms with Gasteiger partial charge in [-0.05, 0) is 36.8 Å². The number of halogens is 1. The number of fused-ring (bicyclic) bond motifs is 1. The van der Waals surface area contributed by atoms with Crippen LogP contribution in [0.1, 0.15) is 32.4 Å². The highest BCUT2D eigenvalue weighted by Crippen LogP contribution is 2.43. The lowest BCUT2D eigenvalue weighted by Crippen LogP contribution is -2.17. The summed E-state index contributed by atoms with van der Waals surface area (Å²) in [6, 6.07) is 16.7. The van der Waals surface area contributed by atoms with E-state index in [-0.39, 0.29) is 11.2 Å². The van der Waals surface area contributed by atoms with E-state index in [1.165, 1.54) is 16.4 Å². The predicted octanol–water partition coefficient (Wildman–Crippen LogP) is 4.98. The zero-order valence-electron chi connectivity index (χ0n) is 15.0. The molecule has 0 fully saturated rings. The second-order valence-electron chi connectivity index (χ2n) is 6.30. The van der Waals surface area contributed by atoms with Gasteiger partial charge in [-0.15, -0.1) is 0 Å². The van der Waals surface area contributed by atoms with Crippen LogP contribution >= 0.6 is 23.4 Å². The van der Waals surface area contributed by atoms with Crippen LogP contribution in [0.25, 0.3) is 6.08 Å². The molecule has 0 radical (unpaired) electrons. The number of hydrogen-bond acceptors (Lipinski definition) is 5. The van der Waals surface area contributed by atoms with E-state index in [1.807, 2.05) is 43.3 Å². The maximum absolute atomic E-state index is 13.0. The summed E-state index contributed by atoms with van der Waals surface area (Å²) < 4.78 is 1.32. The Labute approximate surface area is 171 Å². The molecule has 1 aliphatic heterocycles. The second-order valence-corrected chi connectivity index (χ2v) is 7.90. The number of aliphatic imine (C=N–C) groups is 1. The molecule has 0 saturated heterocycles. The van der Waals surface area contributed by atoms with Gasteiger partial charge >= 0.3 is 0 Å². The summed E-state index contributed by atoms with van der Waals surface area (Å²) in [5.41, 5.74) is 9.28. The van der Waals surface area contributed by atoms with Gasteiger partial charge < -0.3 is 5.73 Å². The topological polar surface area (TPSA) is 73.3 Å². The minimum Gasteiger partial charge on any atom is -0.378 e. The van der Waals surface area contributed by atoms with E-state index in [9.17, 15) is 4.79 Å². The molecule has 0 spiro atoms. The first-order valence-electron chi connectivity index (χ1n) is 8.67. The lowest BCUT2D eigenvalue weighted by atomic mass is 10.1. The zero-order chi connectivity index (χ0) is 19.7. The Morgan fingerprint density at radius 1 is 1.18 bits per heavy atom. The third kappa shape index (κ3) is 3.61. The molecule has 1 aliphatic rings. The standard InChI is InChI=1S/C21H17ClN4OS/c1-13-18-17(12-7-14-5-3-2-4-6-14)28-21(23)24-19(18)26(25-13)20(27)15-8-10-16(22)11-9-15/h2-12,17H,1H3,(H2,23,24)/b12-7+/t17-/m1/s1. The Balaban J connectivity index is 1.73. The largest absolute Gasteiger partial charge is 0.378 e. The van der Waals surface area contributed by atoms with E-state index in [4.69, 9.17) is 17.3 Å². The Morgan fingerprint density at radius 3 is 2.61 bits per heavy atom. The lowest BCUT2D eigenvalue weighted by Gasteiger charge is -2.18. The molecule has 4 rings (SSSR count). The number of thioether (sulfide) groups is 1. The first-order chi connectivity index (χ1) is 13.5. The van der Waals surface area contributed by atoms with Crippen LogP contribution in [0.3, 0.4) is 0 Å². The Morgan fingerprint density at radius 2 is 1.89 bits per heavy atom. The quantitative estimate of drug-likeness (QED) is 0.663. The van der Waals surface area contributed by atoms with Gasteiger partial charge in [0.25, 0.3) is 5.91 Å². The van der Waals surface area contributed by atoms with E-state index in [0.717, 1.165) is 16.8 Å². The summed E-state index contributed by atoms with van der Waals surface area (Å²) in [7, 11) is 0. The number of benzene rings is 2. The number of rotatable bonds is 3. The number of aromatic nitrogens is 2. The Hall–Kier alpha value is -2.83. The van der Waals surface area contributed by atoms with Crippen LogP contribution < -0.4 is 5.73 Å². The van der Waals surface area contributed by atoms with E-state index < -0.39 is 0 Å². The van der Waals surface area contributed by atoms with Gasteiger partial charge in [-0.3, -0.25) is 4.79 Å². The highest BCUT2D eigenvalue weighted by Gasteiger charge is 2.29. The number of amidine groups is 1. The summed E-state index contributed by atoms with van der Waals surface area (Å²) in [6.45, 7) is 1.88. The molecule has 2 heterocycles. The van der Waals surface area contributed by atoms with E-state index >= 15 is 0 Å². The summed E-state index contributed by atoms with van der Waals surface area (Å²) in [6.07, 6.45) is 4.10. The smallest absolute Gasteiger partial charge is 0.280 e. The van der Waals surface area contributed by atoms with Crippen LogP contribution in [-0.2, 0) is 0 Å². The minimum absolute atomic E-state index is 0.0699. The van der Waals surface area contributed by atoms with Crippen molar-refractivity contribution in [3.8, 4) is 0 Å². The molecule has 0 aliphatic carbocycles. The Kier molecular flexibility index (Phi) is 5.07. The van der Waals surface area contributed by atoms with Gasteiger partial charge in [0.15, 0.2) is 11.0 Å². The van der Waals surface area contributed by atoms with Crippen LogP contribution in [0.4, 0.5) is 5.82 Å². The fourth-order valence-corrected chi connectivity index (χ4v) is 4.12. The first kappa shape index (κ1) is 18.5. The van der Waals surface area contributed by atoms with Crippen molar-refractivity contribution in [1.82, 2.24) is 9.78 Å². The highest BCUT2D eigenvalue weighted by molar-refractivity contribution is 8.14. The summed E-state index contributed by atoms with van der Waals surface area (Å²) >= 11 is 7.37. The minimum atomic E-state index is -0.268. The highest BCUT2D eigenvalue weighted by atomic mass is 35.5. The number of aryl methyl sites for hydroxylation is 1. The molecule has 0 saturated carbocycles. The van der Waals surface area contributed by atoms with E-state index in [2.05, 4.69) is 16.2 Å². The molecular formula is C21H17ClN4OS. The number of hydrogen-bond donors (Lipinski definition) is 1. The molecule has 140 valence electrons. The SMILES string of the molecule is Cc1nn(C(=O)c2ccc(Cl)cc2)c2c1[C@@H](/C=C/c1ccccc1)SC(N)=N2. The number of carbonyl (C=O) groups excluding carboxylic acids is 1. The van der Waals surface area contributed by atoms with Crippen molar-refractivity contribution in [2.45, 2.75) is 12.2 Å². The average Bonchev–Trinajstić information content (AvgIpc) is 3.03. The van der Waals surface area contributed by atoms with E-state index in [0.29, 0.717) is 21.6 Å². The maximum atomic E-state index is 13.0. The molecular weight excluding hydrogens is 392 g/mol. The van der Waals surface area contributed by atoms with Crippen LogP contribution in [0.15, 0.2) is 65.7 Å². The summed E-state index contributed by atoms with van der Waals surface area (Å²) in [5.74, 6) is 0.215. The van der Waals surface area contributed by atoms with Crippen LogP contribution in [0.5, 0.6) is 0 Å². The monoisotopic (exact) mass is 408 g/mol. The lowest BCUT2D eigenvalue weighted by molar-refractivity contribution is 0.0947. The molecule has 1 aromatic heterocycles. The van der Waals surface area contributed by atoms with Gasteiger partial charge in [0.2, 0.25) is 0 Å². The third-order valence-corrected chi connectivity index (χ3v) is 5.61. The van der Waals surface area contributed by atoms with Crippen LogP contribution in [0.2, 0.25) is 5.02 Å². The van der Waals surface area contributed by atoms with Gasteiger partial charge in [-0.2, -0.15) is 9.78 Å². The molecule has 0 unspecified atom stereocenters. The van der Waals surface area contributed by atoms with Crippen LogP contribution in [-0.4, -0.2) is 20.9 Å². The van der Waals surface area contributed by atoms with Gasteiger partial charge in [-0.25, -0.2) is 4.99 Å². The second kappa shape index (κ2) is 7.66. The van der Waals surface area contributed by atoms with Gasteiger partial charge in [0.1, 0.15) is 0 Å². The van der Waals surface area contributed by atoms with Gasteiger partial charge in [-0.1, -0.05) is 65.8 Å². The van der Waals surface area contributed by atoms with Gasteiger partial charge in [0, 0.05) is 16.1 Å². The summed E-state index contributed by atoms with van der Waals surface area (Å²) in [4.78, 5) is 17.4. The Bertz CT molecular complexity index is 1090. The molecule has 1 atom stereocenters. The van der Waals surface area contributed by atoms with Crippen molar-refractivity contribution >= 4 is 46.3 Å². The maximum Gasteiger partial charge on any atom is 0.280 e.